The van der Waals surface area contributed by atoms with Crippen LogP contribution in [0.4, 0.5) is 0 Å². The van der Waals surface area contributed by atoms with E-state index in [0.717, 1.165) is 39.3 Å². The summed E-state index contributed by atoms with van der Waals surface area (Å²) in [6, 6.07) is 0. The Morgan fingerprint density at radius 2 is 0.706 bits per heavy atom. The third-order valence-electron chi connectivity index (χ3n) is 5.42. The molecule has 0 heterocycles. The molecule has 12 heteroatoms. The van der Waals surface area contributed by atoms with E-state index in [1.165, 1.54) is 0 Å². The van der Waals surface area contributed by atoms with Crippen LogP contribution in [-0.4, -0.2) is 127 Å². The van der Waals surface area contributed by atoms with Crippen molar-refractivity contribution in [3.63, 3.8) is 0 Å². The molecule has 0 atom stereocenters. The van der Waals surface area contributed by atoms with Crippen molar-refractivity contribution >= 4 is 23.6 Å². The largest absolute Gasteiger partial charge is 0.359 e. The van der Waals surface area contributed by atoms with Crippen molar-refractivity contribution in [3.8, 4) is 0 Å². The number of hydrogen-bond donors (Lipinski definition) is 6. The van der Waals surface area contributed by atoms with Gasteiger partial charge in [0.25, 0.3) is 0 Å². The predicted molar refractivity (Wildman–Crippen MR) is 133 cm³/mol. The number of rotatable bonds is 21. The van der Waals surface area contributed by atoms with Crippen molar-refractivity contribution in [3.05, 3.63) is 0 Å². The van der Waals surface area contributed by atoms with Gasteiger partial charge in [-0.25, -0.2) is 0 Å². The van der Waals surface area contributed by atoms with E-state index in [9.17, 15) is 19.2 Å². The Morgan fingerprint density at radius 3 is 0.941 bits per heavy atom. The first-order valence-corrected chi connectivity index (χ1v) is 12.0. The van der Waals surface area contributed by atoms with Gasteiger partial charge in [-0.3, -0.25) is 19.2 Å². The highest BCUT2D eigenvalue weighted by molar-refractivity contribution is 5.77. The monoisotopic (exact) mass is 486 g/mol. The number of amides is 4. The van der Waals surface area contributed by atoms with Crippen LogP contribution in [0.15, 0.2) is 0 Å². The minimum Gasteiger partial charge on any atom is -0.359 e. The van der Waals surface area contributed by atoms with E-state index in [1.54, 1.807) is 28.2 Å². The van der Waals surface area contributed by atoms with Gasteiger partial charge in [0.05, 0.1) is 0 Å². The summed E-state index contributed by atoms with van der Waals surface area (Å²) >= 11 is 0. The molecule has 0 spiro atoms. The lowest BCUT2D eigenvalue weighted by atomic mass is 10.3. The Hall–Kier alpha value is -2.28. The zero-order valence-corrected chi connectivity index (χ0v) is 21.4. The third-order valence-corrected chi connectivity index (χ3v) is 5.42. The van der Waals surface area contributed by atoms with E-state index < -0.39 is 0 Å². The fraction of sp³-hybridized carbons (Fsp3) is 0.818. The van der Waals surface area contributed by atoms with Crippen LogP contribution in [0.2, 0.25) is 0 Å². The van der Waals surface area contributed by atoms with Gasteiger partial charge in [-0.05, 0) is 0 Å². The van der Waals surface area contributed by atoms with Crippen molar-refractivity contribution < 1.29 is 19.2 Å². The average Bonchev–Trinajstić information content (AvgIpc) is 2.86. The molecule has 34 heavy (non-hydrogen) atoms. The molecule has 0 bridgehead atoms. The standard InChI is InChI=1S/C22H46N8O4/c1-23-19(31)5-13-29(14-6-20(32)24-2)17-11-27-9-10-28-12-18-30(15-7-21(33)25-3)16-8-22(34)26-4/h27-28H,5-18H2,1-4H3,(H,23,31)(H,24,32)(H,25,33)(H,26,34). The number of nitrogens with zero attached hydrogens (tertiary/aromatic N) is 2. The molecule has 0 unspecified atom stereocenters. The summed E-state index contributed by atoms with van der Waals surface area (Å²) in [6.45, 7) is 7.03. The van der Waals surface area contributed by atoms with E-state index in [1.807, 2.05) is 0 Å². The number of carbonyl (C=O) groups excluding carboxylic acids is 4. The Kier molecular flexibility index (Phi) is 19.8. The minimum absolute atomic E-state index is 0.0122. The quantitative estimate of drug-likeness (QED) is 0.0962. The first kappa shape index (κ1) is 31.7. The average molecular weight is 487 g/mol. The van der Waals surface area contributed by atoms with Crippen LogP contribution in [0.1, 0.15) is 25.7 Å². The van der Waals surface area contributed by atoms with Crippen molar-refractivity contribution in [1.82, 2.24) is 41.7 Å². The summed E-state index contributed by atoms with van der Waals surface area (Å²) in [5.74, 6) is -0.0489. The highest BCUT2D eigenvalue weighted by Crippen LogP contribution is 1.96. The van der Waals surface area contributed by atoms with Crippen molar-refractivity contribution in [1.29, 1.82) is 0 Å². The molecule has 0 radical (unpaired) electrons. The van der Waals surface area contributed by atoms with Crippen LogP contribution in [0, 0.1) is 0 Å². The van der Waals surface area contributed by atoms with Crippen LogP contribution < -0.4 is 31.9 Å². The fourth-order valence-corrected chi connectivity index (χ4v) is 3.11. The molecule has 12 nitrogen and oxygen atoms in total. The van der Waals surface area contributed by atoms with E-state index in [4.69, 9.17) is 0 Å². The van der Waals surface area contributed by atoms with Crippen LogP contribution in [-0.2, 0) is 19.2 Å². The number of hydrogen-bond acceptors (Lipinski definition) is 8. The summed E-state index contributed by atoms with van der Waals surface area (Å²) < 4.78 is 0. The Morgan fingerprint density at radius 1 is 0.441 bits per heavy atom. The maximum atomic E-state index is 11.5. The van der Waals surface area contributed by atoms with Gasteiger partial charge in [0.15, 0.2) is 0 Å². The minimum atomic E-state index is -0.0122. The van der Waals surface area contributed by atoms with Gasteiger partial charge in [-0.2, -0.15) is 0 Å². The lowest BCUT2D eigenvalue weighted by Crippen LogP contribution is -2.40. The lowest BCUT2D eigenvalue weighted by molar-refractivity contribution is -0.122. The maximum absolute atomic E-state index is 11.5. The van der Waals surface area contributed by atoms with Crippen molar-refractivity contribution in [2.45, 2.75) is 25.7 Å². The highest BCUT2D eigenvalue weighted by atomic mass is 16.2. The molecule has 0 aliphatic carbocycles. The van der Waals surface area contributed by atoms with E-state index in [-0.39, 0.29) is 23.6 Å². The normalized spacial score (nSPS) is 10.9. The van der Waals surface area contributed by atoms with Gasteiger partial charge in [0, 0.05) is 119 Å². The zero-order chi connectivity index (χ0) is 25.6. The molecule has 0 rings (SSSR count). The van der Waals surface area contributed by atoms with Gasteiger partial charge in [-0.15, -0.1) is 0 Å². The molecule has 0 aromatic carbocycles. The second-order valence-electron chi connectivity index (χ2n) is 7.88. The molecular weight excluding hydrogens is 440 g/mol. The van der Waals surface area contributed by atoms with E-state index in [0.29, 0.717) is 51.9 Å². The molecule has 0 fully saturated rings. The van der Waals surface area contributed by atoms with Crippen LogP contribution in [0.3, 0.4) is 0 Å². The van der Waals surface area contributed by atoms with E-state index >= 15 is 0 Å². The van der Waals surface area contributed by atoms with Crippen LogP contribution in [0.25, 0.3) is 0 Å². The van der Waals surface area contributed by atoms with Gasteiger partial charge in [0.2, 0.25) is 23.6 Å². The van der Waals surface area contributed by atoms with Crippen molar-refractivity contribution in [2.24, 2.45) is 0 Å². The van der Waals surface area contributed by atoms with E-state index in [2.05, 4.69) is 41.7 Å². The molecule has 0 saturated carbocycles. The van der Waals surface area contributed by atoms with Gasteiger partial charge >= 0.3 is 0 Å². The first-order valence-electron chi connectivity index (χ1n) is 12.0. The smallest absolute Gasteiger partial charge is 0.221 e. The second kappa shape index (κ2) is 21.3. The van der Waals surface area contributed by atoms with Gasteiger partial charge in [-0.1, -0.05) is 0 Å². The Labute approximate surface area is 204 Å². The zero-order valence-electron chi connectivity index (χ0n) is 21.4. The van der Waals surface area contributed by atoms with Gasteiger partial charge < -0.3 is 41.7 Å². The molecule has 4 amide bonds. The SMILES string of the molecule is CNC(=O)CCN(CCNCCNCCN(CCC(=O)NC)CCC(=O)NC)CCC(=O)NC. The summed E-state index contributed by atoms with van der Waals surface area (Å²) in [4.78, 5) is 50.3. The van der Waals surface area contributed by atoms with Crippen molar-refractivity contribution in [2.75, 3.05) is 93.6 Å². The molecule has 0 aromatic heterocycles. The molecule has 0 aliphatic heterocycles. The Bertz CT molecular complexity index is 501. The maximum Gasteiger partial charge on any atom is 0.221 e. The lowest BCUT2D eigenvalue weighted by Gasteiger charge is -2.22. The first-order chi connectivity index (χ1) is 16.4. The molecule has 198 valence electrons. The van der Waals surface area contributed by atoms with Gasteiger partial charge in [0.1, 0.15) is 0 Å². The molecule has 0 saturated heterocycles. The van der Waals surface area contributed by atoms with Crippen LogP contribution in [0.5, 0.6) is 0 Å². The highest BCUT2D eigenvalue weighted by Gasteiger charge is 2.11. The summed E-state index contributed by atoms with van der Waals surface area (Å²) in [5.41, 5.74) is 0. The molecule has 0 aromatic rings. The number of nitrogens with one attached hydrogen (secondary N) is 6. The number of carbonyl (C=O) groups is 4. The predicted octanol–water partition coefficient (Wildman–Crippen LogP) is -2.69. The second-order valence-corrected chi connectivity index (χ2v) is 7.88. The fourth-order valence-electron chi connectivity index (χ4n) is 3.11. The topological polar surface area (TPSA) is 147 Å². The molecule has 6 N–H and O–H groups in total. The van der Waals surface area contributed by atoms with Crippen LogP contribution >= 0.6 is 0 Å². The molecule has 0 aliphatic rings. The third kappa shape index (κ3) is 18.2. The summed E-state index contributed by atoms with van der Waals surface area (Å²) in [6.07, 6.45) is 1.62. The molecular formula is C22H46N8O4. The Balaban J connectivity index is 4.15. The summed E-state index contributed by atoms with van der Waals surface area (Å²) in [7, 11) is 6.48. The summed E-state index contributed by atoms with van der Waals surface area (Å²) in [5, 5.41) is 17.2.